The predicted octanol–water partition coefficient (Wildman–Crippen LogP) is 2.77. The summed E-state index contributed by atoms with van der Waals surface area (Å²) < 4.78 is 38.8. The van der Waals surface area contributed by atoms with Crippen molar-refractivity contribution in [1.82, 2.24) is 25.2 Å². The van der Waals surface area contributed by atoms with Gasteiger partial charge in [-0.3, -0.25) is 19.1 Å². The lowest BCUT2D eigenvalue weighted by Crippen LogP contribution is -2.60. The number of sulfonamides is 1. The summed E-state index contributed by atoms with van der Waals surface area (Å²) in [6.45, 7) is 9.76. The summed E-state index contributed by atoms with van der Waals surface area (Å²) in [7, 11) is -3.91. The van der Waals surface area contributed by atoms with Gasteiger partial charge >= 0.3 is 12.2 Å². The molecule has 0 aromatic heterocycles. The smallest absolute Gasteiger partial charge is 0.410 e. The molecule has 14 nitrogen and oxygen atoms in total. The molecule has 0 unspecified atom stereocenters. The van der Waals surface area contributed by atoms with Crippen LogP contribution < -0.4 is 15.4 Å². The lowest BCUT2D eigenvalue weighted by molar-refractivity contribution is -0.142. The number of carbonyl (C=O) groups excluding carboxylic acids is 5. The maximum Gasteiger partial charge on any atom is 0.410 e. The van der Waals surface area contributed by atoms with Crippen molar-refractivity contribution in [1.29, 1.82) is 0 Å². The van der Waals surface area contributed by atoms with Crippen molar-refractivity contribution in [3.8, 4) is 0 Å². The molecule has 15 heteroatoms. The van der Waals surface area contributed by atoms with Crippen molar-refractivity contribution in [2.24, 2.45) is 11.3 Å². The number of nitrogens with one attached hydrogen (secondary N) is 3. The van der Waals surface area contributed by atoms with Gasteiger partial charge in [-0.25, -0.2) is 18.0 Å². The minimum Gasteiger partial charge on any atom is -0.450 e. The highest BCUT2D eigenvalue weighted by atomic mass is 32.2. The minimum absolute atomic E-state index is 0.0835. The number of fused-ring (bicyclic) bond motifs is 3. The first-order valence-electron chi connectivity index (χ1n) is 17.6. The Labute approximate surface area is 298 Å². The fourth-order valence-electron chi connectivity index (χ4n) is 7.08. The van der Waals surface area contributed by atoms with Crippen LogP contribution in [0.3, 0.4) is 0 Å². The van der Waals surface area contributed by atoms with Crippen molar-refractivity contribution in [3.05, 3.63) is 53.6 Å². The van der Waals surface area contributed by atoms with Gasteiger partial charge in [-0.1, -0.05) is 57.2 Å². The monoisotopic (exact) mass is 725 g/mol. The van der Waals surface area contributed by atoms with E-state index >= 15 is 0 Å². The van der Waals surface area contributed by atoms with Gasteiger partial charge < -0.3 is 29.9 Å². The molecular weight excluding hydrogens is 678 g/mol. The predicted molar refractivity (Wildman–Crippen MR) is 186 cm³/mol. The van der Waals surface area contributed by atoms with Crippen LogP contribution in [0.15, 0.2) is 36.9 Å². The van der Waals surface area contributed by atoms with Crippen molar-refractivity contribution < 1.29 is 41.9 Å². The molecule has 2 saturated carbocycles. The second-order valence-electron chi connectivity index (χ2n) is 15.2. The van der Waals surface area contributed by atoms with Gasteiger partial charge in [-0.05, 0) is 60.6 Å². The fourth-order valence-corrected chi connectivity index (χ4v) is 8.44. The van der Waals surface area contributed by atoms with E-state index in [1.165, 1.54) is 11.0 Å². The van der Waals surface area contributed by atoms with E-state index in [0.29, 0.717) is 45.2 Å². The average Bonchev–Trinajstić information content (AvgIpc) is 4.00. The molecule has 3 fully saturated rings. The average molecular weight is 726 g/mol. The zero-order valence-corrected chi connectivity index (χ0v) is 30.1. The largest absolute Gasteiger partial charge is 0.450 e. The topological polar surface area (TPSA) is 181 Å². The van der Waals surface area contributed by atoms with Gasteiger partial charge in [0.05, 0.1) is 18.4 Å². The Morgan fingerprint density at radius 3 is 2.61 bits per heavy atom. The zero-order chi connectivity index (χ0) is 36.7. The van der Waals surface area contributed by atoms with Gasteiger partial charge in [0.1, 0.15) is 23.7 Å². The quantitative estimate of drug-likeness (QED) is 0.372. The van der Waals surface area contributed by atoms with Crippen LogP contribution in [-0.2, 0) is 46.8 Å². The first kappa shape index (κ1) is 36.4. The molecular formula is C36H47N5O9S. The van der Waals surface area contributed by atoms with E-state index in [9.17, 15) is 32.4 Å². The number of ether oxygens (including phenoxy) is 2. The summed E-state index contributed by atoms with van der Waals surface area (Å²) in [5.74, 6) is -2.72. The van der Waals surface area contributed by atoms with Gasteiger partial charge in [-0.2, -0.15) is 0 Å². The number of alkyl carbamates (subject to hydrolysis) is 1. The Hall–Kier alpha value is -4.40. The van der Waals surface area contributed by atoms with Crippen molar-refractivity contribution in [3.63, 3.8) is 0 Å². The summed E-state index contributed by atoms with van der Waals surface area (Å²) in [6, 6.07) is 3.66. The Morgan fingerprint density at radius 2 is 1.92 bits per heavy atom. The molecule has 3 heterocycles. The van der Waals surface area contributed by atoms with E-state index < -0.39 is 80.2 Å². The van der Waals surface area contributed by atoms with Crippen LogP contribution in [-0.4, -0.2) is 96.8 Å². The minimum atomic E-state index is -3.91. The maximum atomic E-state index is 14.3. The molecule has 5 aliphatic rings. The third kappa shape index (κ3) is 7.77. The summed E-state index contributed by atoms with van der Waals surface area (Å²) >= 11 is 0. The third-order valence-electron chi connectivity index (χ3n) is 10.4. The number of hydrogen-bond acceptors (Lipinski definition) is 9. The molecule has 3 N–H and O–H groups in total. The number of carbonyl (C=O) groups is 5. The number of amides is 5. The number of allylic oxidation sites excluding steroid dienone is 1. The highest BCUT2D eigenvalue weighted by Crippen LogP contribution is 2.45. The van der Waals surface area contributed by atoms with Crippen LogP contribution in [0.2, 0.25) is 0 Å². The molecule has 2 aliphatic carbocycles. The van der Waals surface area contributed by atoms with Gasteiger partial charge in [0.15, 0.2) is 0 Å². The molecule has 5 atom stereocenters. The van der Waals surface area contributed by atoms with Gasteiger partial charge in [-0.15, -0.1) is 6.58 Å². The molecule has 1 aromatic carbocycles. The van der Waals surface area contributed by atoms with Crippen LogP contribution in [0.4, 0.5) is 9.59 Å². The van der Waals surface area contributed by atoms with E-state index in [1.54, 1.807) is 25.7 Å². The molecule has 5 amide bonds. The number of rotatable bonds is 6. The number of cyclic esters (lactones) is 1. The van der Waals surface area contributed by atoms with Gasteiger partial charge in [0, 0.05) is 25.4 Å². The molecule has 0 radical (unpaired) electrons. The van der Waals surface area contributed by atoms with E-state index in [-0.39, 0.29) is 26.0 Å². The van der Waals surface area contributed by atoms with Crippen LogP contribution >= 0.6 is 0 Å². The van der Waals surface area contributed by atoms with Crippen molar-refractivity contribution >= 4 is 46.0 Å². The molecule has 1 saturated heterocycles. The summed E-state index contributed by atoms with van der Waals surface area (Å²) in [5, 5.41) is 4.77. The molecule has 51 heavy (non-hydrogen) atoms. The van der Waals surface area contributed by atoms with Crippen LogP contribution in [0.25, 0.3) is 6.08 Å². The normalized spacial score (nSPS) is 29.3. The van der Waals surface area contributed by atoms with E-state index in [2.05, 4.69) is 21.9 Å². The summed E-state index contributed by atoms with van der Waals surface area (Å²) in [5.41, 5.74) is 0.717. The Morgan fingerprint density at radius 1 is 1.16 bits per heavy atom. The third-order valence-corrected chi connectivity index (χ3v) is 12.2. The molecule has 1 aromatic rings. The highest BCUT2D eigenvalue weighted by Gasteiger charge is 2.62. The molecule has 3 aliphatic heterocycles. The number of hydrogen-bond donors (Lipinski definition) is 3. The SMILES string of the molecule is C=C[C@H]1C[C@]1(NC(=O)[C@@H]1C[C@@H]2CN1C(=O)[C@H](C(C)(C)C)NC(=O)OCCC/C=C/c1cccc3c1CN(CC3)C(=O)O2)C(=O)NS(=O)(=O)C1CC1. The van der Waals surface area contributed by atoms with Crippen molar-refractivity contribution in [2.75, 3.05) is 19.7 Å². The molecule has 0 spiro atoms. The fraction of sp³-hybridized carbons (Fsp3) is 0.583. The second-order valence-corrected chi connectivity index (χ2v) is 17.2. The zero-order valence-electron chi connectivity index (χ0n) is 29.3. The Kier molecular flexibility index (Phi) is 9.96. The van der Waals surface area contributed by atoms with E-state index in [1.807, 2.05) is 30.4 Å². The standard InChI is InChI=1S/C36H47N5O9S/c1-5-24-19-36(24,32(44)39-51(47,48)26-13-14-26)38-30(42)28-18-25-20-41(28)31(43)29(35(2,3)4)37-33(45)49-17-8-6-7-10-22-11-9-12-23-15-16-40(21-27(22)23)34(46)50-25/h5,7,9-12,24-26,28-29H,1,6,8,13-21H2,2-4H3,(H,37,45)(H,38,42)(H,39,44)/b10-7+/t24-,25+,28-,29+,36+/m0/s1. The maximum absolute atomic E-state index is 14.3. The number of benzene rings is 1. The molecule has 4 bridgehead atoms. The van der Waals surface area contributed by atoms with Crippen LogP contribution in [0.1, 0.15) is 76.0 Å². The van der Waals surface area contributed by atoms with Crippen LogP contribution in [0.5, 0.6) is 0 Å². The van der Waals surface area contributed by atoms with Gasteiger partial charge in [0.2, 0.25) is 21.8 Å². The summed E-state index contributed by atoms with van der Waals surface area (Å²) in [4.78, 5) is 71.3. The highest BCUT2D eigenvalue weighted by molar-refractivity contribution is 7.91. The van der Waals surface area contributed by atoms with Crippen molar-refractivity contribution in [2.45, 2.75) is 101 Å². The van der Waals surface area contributed by atoms with Crippen LogP contribution in [0, 0.1) is 11.3 Å². The molecule has 6 rings (SSSR count). The van der Waals surface area contributed by atoms with E-state index in [4.69, 9.17) is 9.47 Å². The Bertz CT molecular complexity index is 1750. The summed E-state index contributed by atoms with van der Waals surface area (Å²) in [6.07, 6.45) is 5.97. The number of nitrogens with zero attached hydrogens (tertiary/aromatic N) is 2. The first-order valence-corrected chi connectivity index (χ1v) is 19.1. The van der Waals surface area contributed by atoms with E-state index in [0.717, 1.165) is 16.7 Å². The second kappa shape index (κ2) is 14.0. The Balaban J connectivity index is 1.28. The lowest BCUT2D eigenvalue weighted by Gasteiger charge is -2.35. The van der Waals surface area contributed by atoms with Gasteiger partial charge in [0.25, 0.3) is 5.91 Å². The lowest BCUT2D eigenvalue weighted by atomic mass is 9.85. The molecule has 276 valence electrons. The first-order chi connectivity index (χ1) is 24.1.